The maximum atomic E-state index is 14.7. The highest BCUT2D eigenvalue weighted by Crippen LogP contribution is 2.33. The maximum absolute atomic E-state index is 14.7. The number of benzene rings is 3. The highest BCUT2D eigenvalue weighted by molar-refractivity contribution is 6.21. The molecule has 1 fully saturated rings. The standard InChI is InChI=1S/C40H35F2N7O5/c1-46-32(13-6-17-48-38(50)27-10-3-4-11-28(27)39(48)51)35-24(8-5-12-31(35)45-46)9-7-19-54-26-21-33(40(52)53-2)49(23-26)37-34-22-44-36(47(34)18-16-43-37)29-15-14-25(41)20-30(29)42/h3-5,7-12,14-16,18,20,22,26,33H,6,13,17,19,21,23H2,1-2H3/t26-,33-/m0/s1. The highest BCUT2D eigenvalue weighted by atomic mass is 19.1. The Labute approximate surface area is 308 Å². The Kier molecular flexibility index (Phi) is 9.19. The Hall–Kier alpha value is -6.28. The van der Waals surface area contributed by atoms with E-state index in [0.29, 0.717) is 54.8 Å². The van der Waals surface area contributed by atoms with Crippen LogP contribution in [0.25, 0.3) is 33.9 Å². The number of fused-ring (bicyclic) bond motifs is 3. The Bertz CT molecular complexity index is 2440. The molecule has 2 atom stereocenters. The molecule has 0 aliphatic carbocycles. The van der Waals surface area contributed by atoms with Crippen molar-refractivity contribution in [3.63, 3.8) is 0 Å². The van der Waals surface area contributed by atoms with E-state index in [2.05, 4.69) is 9.97 Å². The Morgan fingerprint density at radius 2 is 1.80 bits per heavy atom. The molecule has 3 aromatic heterocycles. The molecule has 6 aromatic rings. The van der Waals surface area contributed by atoms with Crippen LogP contribution in [0.4, 0.5) is 14.6 Å². The van der Waals surface area contributed by atoms with Crippen molar-refractivity contribution < 1.29 is 32.6 Å². The second kappa shape index (κ2) is 14.3. The number of hydrogen-bond acceptors (Lipinski definition) is 9. The van der Waals surface area contributed by atoms with Crippen molar-refractivity contribution in [2.24, 2.45) is 7.05 Å². The second-order valence-electron chi connectivity index (χ2n) is 13.2. The lowest BCUT2D eigenvalue weighted by molar-refractivity contribution is -0.142. The molecule has 2 aliphatic heterocycles. The molecule has 0 N–H and O–H groups in total. The molecule has 2 amide bonds. The van der Waals surface area contributed by atoms with E-state index < -0.39 is 23.6 Å². The number of methoxy groups -OCH3 is 1. The average Bonchev–Trinajstić information content (AvgIpc) is 3.94. The zero-order valence-electron chi connectivity index (χ0n) is 29.5. The van der Waals surface area contributed by atoms with Crippen LogP contribution in [-0.2, 0) is 27.7 Å². The monoisotopic (exact) mass is 731 g/mol. The van der Waals surface area contributed by atoms with Gasteiger partial charge in [-0.05, 0) is 48.7 Å². The molecule has 5 heterocycles. The number of imide groups is 1. The minimum Gasteiger partial charge on any atom is -0.467 e. The van der Waals surface area contributed by atoms with Crippen LogP contribution < -0.4 is 4.90 Å². The largest absolute Gasteiger partial charge is 0.467 e. The first-order chi connectivity index (χ1) is 26.2. The number of esters is 1. The van der Waals surface area contributed by atoms with Gasteiger partial charge in [-0.3, -0.25) is 23.6 Å². The molecular weight excluding hydrogens is 696 g/mol. The number of rotatable bonds is 11. The Balaban J connectivity index is 0.958. The molecule has 0 unspecified atom stereocenters. The van der Waals surface area contributed by atoms with E-state index in [1.807, 2.05) is 47.0 Å². The molecule has 14 heteroatoms. The molecule has 2 aliphatic rings. The van der Waals surface area contributed by atoms with Crippen molar-refractivity contribution in [1.29, 1.82) is 0 Å². The number of anilines is 1. The van der Waals surface area contributed by atoms with Crippen LogP contribution in [0.1, 0.15) is 44.8 Å². The van der Waals surface area contributed by atoms with Gasteiger partial charge in [0.15, 0.2) is 5.82 Å². The molecular formula is C40H35F2N7O5. The Morgan fingerprint density at radius 1 is 1.00 bits per heavy atom. The number of nitrogens with zero attached hydrogens (tertiary/aromatic N) is 7. The average molecular weight is 732 g/mol. The quantitative estimate of drug-likeness (QED) is 0.123. The van der Waals surface area contributed by atoms with E-state index in [-0.39, 0.29) is 35.9 Å². The van der Waals surface area contributed by atoms with Gasteiger partial charge in [-0.15, -0.1) is 0 Å². The smallest absolute Gasteiger partial charge is 0.328 e. The van der Waals surface area contributed by atoms with Crippen molar-refractivity contribution in [3.8, 4) is 11.4 Å². The summed E-state index contributed by atoms with van der Waals surface area (Å²) in [6.07, 6.45) is 9.80. The van der Waals surface area contributed by atoms with Gasteiger partial charge in [-0.2, -0.15) is 5.10 Å². The number of halogens is 2. The molecule has 0 saturated carbocycles. The molecule has 54 heavy (non-hydrogen) atoms. The Morgan fingerprint density at radius 3 is 2.56 bits per heavy atom. The SMILES string of the molecule is COC(=O)[C@@H]1C[C@H](OCC=Cc2cccc3nn(C)c(CCCN4C(=O)c5ccccc5C4=O)c23)CN1c1nccn2c(-c3ccc(F)cc3F)ncc12. The van der Waals surface area contributed by atoms with Crippen LogP contribution in [0, 0.1) is 11.6 Å². The molecule has 274 valence electrons. The van der Waals surface area contributed by atoms with Crippen molar-refractivity contribution in [2.75, 3.05) is 31.7 Å². The molecule has 12 nitrogen and oxygen atoms in total. The van der Waals surface area contributed by atoms with E-state index in [1.54, 1.807) is 41.1 Å². The molecule has 8 rings (SSSR count). The summed E-state index contributed by atoms with van der Waals surface area (Å²) in [7, 11) is 3.22. The minimum atomic E-state index is -0.744. The van der Waals surface area contributed by atoms with Crippen molar-refractivity contribution in [2.45, 2.75) is 31.4 Å². The van der Waals surface area contributed by atoms with E-state index in [4.69, 9.17) is 14.6 Å². The predicted octanol–water partition coefficient (Wildman–Crippen LogP) is 5.64. The summed E-state index contributed by atoms with van der Waals surface area (Å²) < 4.78 is 43.2. The first kappa shape index (κ1) is 34.8. The maximum Gasteiger partial charge on any atom is 0.328 e. The van der Waals surface area contributed by atoms with Crippen LogP contribution >= 0.6 is 0 Å². The summed E-state index contributed by atoms with van der Waals surface area (Å²) >= 11 is 0. The number of carbonyl (C=O) groups excluding carboxylic acids is 3. The zero-order chi connectivity index (χ0) is 37.5. The third kappa shape index (κ3) is 6.17. The molecule has 0 bridgehead atoms. The summed E-state index contributed by atoms with van der Waals surface area (Å²) in [5, 5.41) is 5.69. The fourth-order valence-corrected chi connectivity index (χ4v) is 7.50. The lowest BCUT2D eigenvalue weighted by atomic mass is 10.0. The zero-order valence-corrected chi connectivity index (χ0v) is 29.5. The van der Waals surface area contributed by atoms with Crippen molar-refractivity contribution in [3.05, 3.63) is 119 Å². The number of hydrogen-bond donors (Lipinski definition) is 0. The van der Waals surface area contributed by atoms with Gasteiger partial charge in [0.1, 0.15) is 29.0 Å². The summed E-state index contributed by atoms with van der Waals surface area (Å²) in [4.78, 5) is 50.8. The molecule has 1 saturated heterocycles. The van der Waals surface area contributed by atoms with Crippen LogP contribution in [0.15, 0.2) is 85.3 Å². The third-order valence-electron chi connectivity index (χ3n) is 10.0. The van der Waals surface area contributed by atoms with Gasteiger partial charge in [-0.1, -0.05) is 36.4 Å². The molecule has 3 aromatic carbocycles. The first-order valence-electron chi connectivity index (χ1n) is 17.5. The lowest BCUT2D eigenvalue weighted by Crippen LogP contribution is -2.37. The lowest BCUT2D eigenvalue weighted by Gasteiger charge is -2.24. The molecule has 0 radical (unpaired) electrons. The van der Waals surface area contributed by atoms with Gasteiger partial charge in [-0.25, -0.2) is 23.5 Å². The van der Waals surface area contributed by atoms with Crippen molar-refractivity contribution >= 4 is 46.1 Å². The number of amides is 2. The highest BCUT2D eigenvalue weighted by Gasteiger charge is 2.40. The van der Waals surface area contributed by atoms with Crippen LogP contribution in [-0.4, -0.2) is 85.8 Å². The number of aromatic nitrogens is 5. The van der Waals surface area contributed by atoms with Gasteiger partial charge in [0, 0.05) is 56.1 Å². The van der Waals surface area contributed by atoms with Gasteiger partial charge in [0.25, 0.3) is 11.8 Å². The number of aryl methyl sites for hydroxylation is 2. The van der Waals surface area contributed by atoms with Crippen LogP contribution in [0.3, 0.4) is 0 Å². The van der Waals surface area contributed by atoms with E-state index >= 15 is 0 Å². The second-order valence-corrected chi connectivity index (χ2v) is 13.2. The minimum absolute atomic E-state index is 0.128. The third-order valence-corrected chi connectivity index (χ3v) is 10.0. The van der Waals surface area contributed by atoms with Gasteiger partial charge in [0.2, 0.25) is 0 Å². The summed E-state index contributed by atoms with van der Waals surface area (Å²) in [6, 6.07) is 15.4. The molecule has 0 spiro atoms. The number of imidazole rings is 1. The summed E-state index contributed by atoms with van der Waals surface area (Å²) in [6.45, 7) is 0.895. The van der Waals surface area contributed by atoms with E-state index in [0.717, 1.165) is 28.2 Å². The van der Waals surface area contributed by atoms with Gasteiger partial charge < -0.3 is 14.4 Å². The fraction of sp³-hybridized carbons (Fsp3) is 0.250. The first-order valence-corrected chi connectivity index (χ1v) is 17.5. The summed E-state index contributed by atoms with van der Waals surface area (Å²) in [5.41, 5.74) is 4.31. The van der Waals surface area contributed by atoms with Crippen LogP contribution in [0.2, 0.25) is 0 Å². The van der Waals surface area contributed by atoms with Gasteiger partial charge in [0.05, 0.1) is 48.2 Å². The fourth-order valence-electron chi connectivity index (χ4n) is 7.50. The topological polar surface area (TPSA) is 124 Å². The number of carbonyl (C=O) groups is 3. The normalized spacial score (nSPS) is 17.1. The summed E-state index contributed by atoms with van der Waals surface area (Å²) in [5.74, 6) is -1.68. The number of ether oxygens (including phenoxy) is 2. The predicted molar refractivity (Wildman–Crippen MR) is 196 cm³/mol. The van der Waals surface area contributed by atoms with Crippen LogP contribution in [0.5, 0.6) is 0 Å². The van der Waals surface area contributed by atoms with E-state index in [9.17, 15) is 23.2 Å². The van der Waals surface area contributed by atoms with E-state index in [1.165, 1.54) is 30.3 Å². The van der Waals surface area contributed by atoms with Gasteiger partial charge >= 0.3 is 5.97 Å². The van der Waals surface area contributed by atoms with Crippen molar-refractivity contribution in [1.82, 2.24) is 29.0 Å².